The fourth-order valence-corrected chi connectivity index (χ4v) is 6.76. The highest BCUT2D eigenvalue weighted by molar-refractivity contribution is 6.36. The number of methoxy groups -OCH3 is 1. The number of piperazine rings is 1. The molecule has 2 fully saturated rings. The summed E-state index contributed by atoms with van der Waals surface area (Å²) in [4.78, 5) is 27.7. The van der Waals surface area contributed by atoms with E-state index in [0.29, 0.717) is 43.9 Å². The summed E-state index contributed by atoms with van der Waals surface area (Å²) in [6.45, 7) is 6.12. The van der Waals surface area contributed by atoms with Crippen LogP contribution in [-0.2, 0) is 22.5 Å². The Hall–Kier alpha value is -4.05. The summed E-state index contributed by atoms with van der Waals surface area (Å²) in [7, 11) is 1.69. The molecular weight excluding hydrogens is 604 g/mol. The number of nitrogens with one attached hydrogen (secondary N) is 1. The van der Waals surface area contributed by atoms with Crippen molar-refractivity contribution in [3.05, 3.63) is 64.8 Å². The third-order valence-corrected chi connectivity index (χ3v) is 9.18. The molecule has 0 bridgehead atoms. The van der Waals surface area contributed by atoms with Gasteiger partial charge in [-0.3, -0.25) is 4.79 Å². The van der Waals surface area contributed by atoms with Gasteiger partial charge in [-0.25, -0.2) is 8.78 Å². The predicted molar refractivity (Wildman–Crippen MR) is 167 cm³/mol. The Bertz CT molecular complexity index is 1670. The van der Waals surface area contributed by atoms with Crippen molar-refractivity contribution in [1.29, 1.82) is 5.26 Å². The molecule has 0 spiro atoms. The molecule has 0 aliphatic carbocycles. The van der Waals surface area contributed by atoms with E-state index in [1.807, 2.05) is 23.1 Å². The van der Waals surface area contributed by atoms with Crippen molar-refractivity contribution in [2.75, 3.05) is 56.2 Å². The molecule has 3 aromatic rings. The van der Waals surface area contributed by atoms with Gasteiger partial charge < -0.3 is 29.5 Å². The van der Waals surface area contributed by atoms with E-state index in [0.717, 1.165) is 35.3 Å². The van der Waals surface area contributed by atoms with Crippen LogP contribution >= 0.6 is 11.6 Å². The van der Waals surface area contributed by atoms with E-state index in [-0.39, 0.29) is 42.7 Å². The van der Waals surface area contributed by atoms with Crippen LogP contribution in [0, 0.1) is 17.1 Å². The lowest BCUT2D eigenvalue weighted by Gasteiger charge is -2.42. The number of rotatable bonds is 8. The standard InChI is InChI=1S/C32H34ClF2N7O3/c1-19(34)31(43)42-13-12-41(16-22(42)8-10-36)30-24-9-11-40(27-5-3-4-20-6-7-25(35)29(33)28(20)27)17-26(24)38-32(39-30)45-18-21-14-23(44-2)15-37-21/h3-7,21-23,37H,1,8-9,11-18H2,2H3/t21-,22-,23+/m0/s1. The Balaban J connectivity index is 1.33. The maximum atomic E-state index is 14.5. The van der Waals surface area contributed by atoms with E-state index in [4.69, 9.17) is 31.0 Å². The normalized spacial score (nSPS) is 21.5. The lowest BCUT2D eigenvalue weighted by Crippen LogP contribution is -2.55. The van der Waals surface area contributed by atoms with Crippen LogP contribution in [0.25, 0.3) is 10.8 Å². The van der Waals surface area contributed by atoms with Crippen molar-refractivity contribution >= 4 is 39.8 Å². The molecule has 2 saturated heterocycles. The molecule has 236 valence electrons. The maximum absolute atomic E-state index is 14.5. The van der Waals surface area contributed by atoms with Crippen LogP contribution in [0.5, 0.6) is 6.01 Å². The van der Waals surface area contributed by atoms with Crippen molar-refractivity contribution in [3.8, 4) is 12.1 Å². The number of anilines is 2. The number of nitriles is 1. The third kappa shape index (κ3) is 6.25. The second-order valence-corrected chi connectivity index (χ2v) is 11.9. The van der Waals surface area contributed by atoms with Crippen LogP contribution < -0.4 is 19.9 Å². The second kappa shape index (κ2) is 13.1. The zero-order valence-corrected chi connectivity index (χ0v) is 25.7. The fraction of sp³-hybridized carbons (Fsp3) is 0.438. The van der Waals surface area contributed by atoms with Gasteiger partial charge in [-0.05, 0) is 30.4 Å². The summed E-state index contributed by atoms with van der Waals surface area (Å²) in [5.41, 5.74) is 2.49. The molecule has 13 heteroatoms. The van der Waals surface area contributed by atoms with Gasteiger partial charge in [-0.2, -0.15) is 15.2 Å². The maximum Gasteiger partial charge on any atom is 0.318 e. The SMILES string of the molecule is C=C(F)C(=O)N1CCN(c2nc(OC[C@@H]3C[C@@H](OC)CN3)nc3c2CCN(c2cccc4ccc(F)c(Cl)c24)C3)C[C@@H]1CC#N. The highest BCUT2D eigenvalue weighted by Gasteiger charge is 2.35. The highest BCUT2D eigenvalue weighted by atomic mass is 35.5. The molecule has 45 heavy (non-hydrogen) atoms. The van der Waals surface area contributed by atoms with Gasteiger partial charge in [0.25, 0.3) is 5.91 Å². The van der Waals surface area contributed by atoms with Crippen molar-refractivity contribution in [1.82, 2.24) is 20.2 Å². The molecule has 2 aromatic carbocycles. The molecule has 1 N–H and O–H groups in total. The average molecular weight is 638 g/mol. The number of hydrogen-bond acceptors (Lipinski definition) is 9. The Labute approximate surface area is 265 Å². The van der Waals surface area contributed by atoms with Gasteiger partial charge in [-0.15, -0.1) is 0 Å². The van der Waals surface area contributed by atoms with Crippen molar-refractivity contribution in [3.63, 3.8) is 0 Å². The smallest absolute Gasteiger partial charge is 0.318 e. The third-order valence-electron chi connectivity index (χ3n) is 8.81. The topological polar surface area (TPSA) is 107 Å². The first kappa shape index (κ1) is 31.0. The molecule has 0 radical (unpaired) electrons. The zero-order chi connectivity index (χ0) is 31.7. The number of aromatic nitrogens is 2. The van der Waals surface area contributed by atoms with Crippen molar-refractivity contribution in [2.45, 2.75) is 44.0 Å². The van der Waals surface area contributed by atoms with E-state index in [2.05, 4.69) is 22.9 Å². The van der Waals surface area contributed by atoms with E-state index in [1.54, 1.807) is 13.2 Å². The molecule has 1 amide bonds. The molecule has 4 heterocycles. The van der Waals surface area contributed by atoms with Gasteiger partial charge in [-0.1, -0.05) is 36.4 Å². The van der Waals surface area contributed by atoms with Gasteiger partial charge in [0.2, 0.25) is 0 Å². The highest BCUT2D eigenvalue weighted by Crippen LogP contribution is 2.38. The molecule has 0 saturated carbocycles. The first-order valence-electron chi connectivity index (χ1n) is 14.9. The molecule has 1 aromatic heterocycles. The van der Waals surface area contributed by atoms with Crippen LogP contribution in [-0.4, -0.2) is 85.4 Å². The van der Waals surface area contributed by atoms with Gasteiger partial charge in [0.1, 0.15) is 18.2 Å². The first-order chi connectivity index (χ1) is 21.8. The molecule has 10 nitrogen and oxygen atoms in total. The number of benzene rings is 2. The summed E-state index contributed by atoms with van der Waals surface area (Å²) in [5, 5.41) is 14.4. The molecule has 6 rings (SSSR count). The number of halogens is 3. The van der Waals surface area contributed by atoms with Crippen LogP contribution in [0.2, 0.25) is 5.02 Å². The van der Waals surface area contributed by atoms with E-state index in [9.17, 15) is 18.8 Å². The molecular formula is C32H34ClF2N7O3. The lowest BCUT2D eigenvalue weighted by atomic mass is 10.0. The number of fused-ring (bicyclic) bond motifs is 2. The number of carbonyl (C=O) groups excluding carboxylic acids is 1. The summed E-state index contributed by atoms with van der Waals surface area (Å²) in [6, 6.07) is 10.7. The fourth-order valence-electron chi connectivity index (χ4n) is 6.49. The number of amides is 1. The quantitative estimate of drug-likeness (QED) is 0.365. The summed E-state index contributed by atoms with van der Waals surface area (Å²) in [6.07, 6.45) is 1.52. The van der Waals surface area contributed by atoms with Gasteiger partial charge in [0.05, 0.1) is 41.9 Å². The number of hydrogen-bond donors (Lipinski definition) is 1. The van der Waals surface area contributed by atoms with Crippen LogP contribution in [0.15, 0.2) is 42.7 Å². The minimum atomic E-state index is -1.05. The van der Waals surface area contributed by atoms with Crippen molar-refractivity contribution in [2.24, 2.45) is 0 Å². The van der Waals surface area contributed by atoms with E-state index in [1.165, 1.54) is 11.0 Å². The molecule has 3 aliphatic heterocycles. The first-order valence-corrected chi connectivity index (χ1v) is 15.3. The van der Waals surface area contributed by atoms with Crippen molar-refractivity contribution < 1.29 is 23.0 Å². The number of ether oxygens (including phenoxy) is 2. The van der Waals surface area contributed by atoms with Crippen LogP contribution in [0.3, 0.4) is 0 Å². The molecule has 3 aliphatic rings. The largest absolute Gasteiger partial charge is 0.462 e. The lowest BCUT2D eigenvalue weighted by molar-refractivity contribution is -0.131. The van der Waals surface area contributed by atoms with Gasteiger partial charge >= 0.3 is 6.01 Å². The summed E-state index contributed by atoms with van der Waals surface area (Å²) >= 11 is 6.47. The number of nitrogens with zero attached hydrogens (tertiary/aromatic N) is 6. The zero-order valence-electron chi connectivity index (χ0n) is 24.9. The average Bonchev–Trinajstić information content (AvgIpc) is 3.52. The van der Waals surface area contributed by atoms with Crippen LogP contribution in [0.1, 0.15) is 24.1 Å². The van der Waals surface area contributed by atoms with Gasteiger partial charge in [0, 0.05) is 62.5 Å². The Morgan fingerprint density at radius 3 is 2.82 bits per heavy atom. The Morgan fingerprint density at radius 1 is 1.22 bits per heavy atom. The Morgan fingerprint density at radius 2 is 2.07 bits per heavy atom. The van der Waals surface area contributed by atoms with Gasteiger partial charge in [0.15, 0.2) is 5.83 Å². The summed E-state index contributed by atoms with van der Waals surface area (Å²) < 4.78 is 40.0. The Kier molecular flexibility index (Phi) is 9.03. The molecule has 0 unspecified atom stereocenters. The van der Waals surface area contributed by atoms with Crippen LogP contribution in [0.4, 0.5) is 20.3 Å². The molecule has 3 atom stereocenters. The minimum Gasteiger partial charge on any atom is -0.462 e. The number of carbonyl (C=O) groups is 1. The monoisotopic (exact) mass is 637 g/mol. The second-order valence-electron chi connectivity index (χ2n) is 11.5. The minimum absolute atomic E-state index is 0.0341. The van der Waals surface area contributed by atoms with E-state index < -0.39 is 23.6 Å². The summed E-state index contributed by atoms with van der Waals surface area (Å²) in [5.74, 6) is -1.67. The predicted octanol–water partition coefficient (Wildman–Crippen LogP) is 4.15. The van der Waals surface area contributed by atoms with E-state index >= 15 is 0 Å².